The summed E-state index contributed by atoms with van der Waals surface area (Å²) >= 11 is 0. The van der Waals surface area contributed by atoms with Crippen LogP contribution < -0.4 is 0 Å². The second-order valence-electron chi connectivity index (χ2n) is 5.75. The number of hydrogen-bond acceptors (Lipinski definition) is 1. The van der Waals surface area contributed by atoms with Crippen molar-refractivity contribution in [2.24, 2.45) is 11.8 Å². The lowest BCUT2D eigenvalue weighted by Gasteiger charge is -2.42. The van der Waals surface area contributed by atoms with Crippen molar-refractivity contribution in [1.29, 1.82) is 0 Å². The van der Waals surface area contributed by atoms with E-state index in [2.05, 4.69) is 38.1 Å². The van der Waals surface area contributed by atoms with E-state index in [4.69, 9.17) is 0 Å². The number of rotatable bonds is 3. The van der Waals surface area contributed by atoms with Gasteiger partial charge < -0.3 is 5.11 Å². The zero-order valence-electron chi connectivity index (χ0n) is 11.0. The quantitative estimate of drug-likeness (QED) is 0.840. The Balaban J connectivity index is 1.97. The van der Waals surface area contributed by atoms with E-state index >= 15 is 0 Å². The highest BCUT2D eigenvalue weighted by molar-refractivity contribution is 5.15. The highest BCUT2D eigenvalue weighted by Crippen LogP contribution is 2.40. The molecule has 0 amide bonds. The van der Waals surface area contributed by atoms with Crippen LogP contribution in [0.5, 0.6) is 0 Å². The Morgan fingerprint density at radius 1 is 1.24 bits per heavy atom. The van der Waals surface area contributed by atoms with Crippen LogP contribution in [0.15, 0.2) is 30.3 Å². The van der Waals surface area contributed by atoms with Crippen LogP contribution in [0, 0.1) is 11.8 Å². The summed E-state index contributed by atoms with van der Waals surface area (Å²) in [6.45, 7) is 4.49. The fourth-order valence-corrected chi connectivity index (χ4v) is 3.10. The standard InChI is InChI=1S/C16H24O/c1-13-7-6-11-16(17,14(13)2)12-10-15-8-4-3-5-9-15/h3-5,8-9,13-14,17H,6-7,10-12H2,1-2H3. The fourth-order valence-electron chi connectivity index (χ4n) is 3.10. The molecule has 3 atom stereocenters. The summed E-state index contributed by atoms with van der Waals surface area (Å²) in [5.41, 5.74) is 0.902. The van der Waals surface area contributed by atoms with Crippen LogP contribution >= 0.6 is 0 Å². The minimum Gasteiger partial charge on any atom is -0.390 e. The van der Waals surface area contributed by atoms with Crippen LogP contribution in [0.1, 0.15) is 45.1 Å². The van der Waals surface area contributed by atoms with Gasteiger partial charge in [-0.05, 0) is 36.7 Å². The second-order valence-corrected chi connectivity index (χ2v) is 5.75. The highest BCUT2D eigenvalue weighted by Gasteiger charge is 2.39. The lowest BCUT2D eigenvalue weighted by Crippen LogP contribution is -2.43. The number of aryl methyl sites for hydroxylation is 1. The van der Waals surface area contributed by atoms with E-state index in [1.165, 1.54) is 18.4 Å². The Bertz CT molecular complexity index is 346. The fraction of sp³-hybridized carbons (Fsp3) is 0.625. The molecule has 17 heavy (non-hydrogen) atoms. The molecule has 1 aromatic carbocycles. The third-order valence-corrected chi connectivity index (χ3v) is 4.66. The first-order chi connectivity index (χ1) is 8.12. The van der Waals surface area contributed by atoms with Gasteiger partial charge in [0, 0.05) is 0 Å². The van der Waals surface area contributed by atoms with Gasteiger partial charge in [0.2, 0.25) is 0 Å². The maximum Gasteiger partial charge on any atom is 0.0678 e. The monoisotopic (exact) mass is 232 g/mol. The van der Waals surface area contributed by atoms with Gasteiger partial charge in [-0.3, -0.25) is 0 Å². The first kappa shape index (κ1) is 12.6. The summed E-state index contributed by atoms with van der Waals surface area (Å²) in [5.74, 6) is 1.09. The van der Waals surface area contributed by atoms with Crippen molar-refractivity contribution in [1.82, 2.24) is 0 Å². The van der Waals surface area contributed by atoms with Crippen LogP contribution in [0.4, 0.5) is 0 Å². The molecule has 0 heterocycles. The summed E-state index contributed by atoms with van der Waals surface area (Å²) in [6.07, 6.45) is 5.33. The molecule has 1 nitrogen and oxygen atoms in total. The molecule has 94 valence electrons. The molecule has 0 saturated heterocycles. The van der Waals surface area contributed by atoms with Gasteiger partial charge in [0.1, 0.15) is 0 Å². The highest BCUT2D eigenvalue weighted by atomic mass is 16.3. The summed E-state index contributed by atoms with van der Waals surface area (Å²) in [4.78, 5) is 0. The van der Waals surface area contributed by atoms with Gasteiger partial charge in [-0.25, -0.2) is 0 Å². The zero-order chi connectivity index (χ0) is 12.3. The molecule has 0 spiro atoms. The maximum atomic E-state index is 10.8. The predicted molar refractivity (Wildman–Crippen MR) is 71.9 cm³/mol. The van der Waals surface area contributed by atoms with Crippen molar-refractivity contribution in [2.45, 2.75) is 51.6 Å². The Morgan fingerprint density at radius 2 is 1.94 bits per heavy atom. The Hall–Kier alpha value is -0.820. The van der Waals surface area contributed by atoms with E-state index in [0.29, 0.717) is 11.8 Å². The molecule has 1 aromatic rings. The third kappa shape index (κ3) is 2.90. The van der Waals surface area contributed by atoms with Gasteiger partial charge in [-0.15, -0.1) is 0 Å². The summed E-state index contributed by atoms with van der Waals surface area (Å²) in [5, 5.41) is 10.8. The Kier molecular flexibility index (Phi) is 3.88. The van der Waals surface area contributed by atoms with Crippen molar-refractivity contribution in [3.8, 4) is 0 Å². The minimum absolute atomic E-state index is 0.431. The van der Waals surface area contributed by atoms with Crippen LogP contribution in [0.25, 0.3) is 0 Å². The molecule has 3 unspecified atom stereocenters. The van der Waals surface area contributed by atoms with Crippen LogP contribution in [-0.2, 0) is 6.42 Å². The van der Waals surface area contributed by atoms with E-state index in [-0.39, 0.29) is 0 Å². The molecule has 1 aliphatic rings. The second kappa shape index (κ2) is 5.22. The molecular weight excluding hydrogens is 208 g/mol. The topological polar surface area (TPSA) is 20.2 Å². The smallest absolute Gasteiger partial charge is 0.0678 e. The first-order valence-corrected chi connectivity index (χ1v) is 6.88. The van der Waals surface area contributed by atoms with Gasteiger partial charge in [-0.1, -0.05) is 57.0 Å². The predicted octanol–water partition coefficient (Wildman–Crippen LogP) is 3.81. The third-order valence-electron chi connectivity index (χ3n) is 4.66. The molecule has 0 bridgehead atoms. The molecule has 1 fully saturated rings. The summed E-state index contributed by atoms with van der Waals surface area (Å²) < 4.78 is 0. The van der Waals surface area contributed by atoms with Crippen LogP contribution in [-0.4, -0.2) is 10.7 Å². The van der Waals surface area contributed by atoms with Gasteiger partial charge in [0.25, 0.3) is 0 Å². The lowest BCUT2D eigenvalue weighted by molar-refractivity contribution is -0.0684. The molecule has 0 radical (unpaired) electrons. The summed E-state index contributed by atoms with van der Waals surface area (Å²) in [7, 11) is 0. The lowest BCUT2D eigenvalue weighted by atomic mass is 9.68. The van der Waals surface area contributed by atoms with Gasteiger partial charge in [0.05, 0.1) is 5.60 Å². The van der Waals surface area contributed by atoms with Crippen molar-refractivity contribution in [3.05, 3.63) is 35.9 Å². The SMILES string of the molecule is CC1CCCC(O)(CCc2ccccc2)C1C. The van der Waals surface area contributed by atoms with E-state index in [1.807, 2.05) is 6.07 Å². The average molecular weight is 232 g/mol. The van der Waals surface area contributed by atoms with Crippen molar-refractivity contribution in [2.75, 3.05) is 0 Å². The van der Waals surface area contributed by atoms with Crippen molar-refractivity contribution >= 4 is 0 Å². The molecule has 1 aliphatic carbocycles. The molecule has 0 aliphatic heterocycles. The molecular formula is C16H24O. The van der Waals surface area contributed by atoms with Crippen LogP contribution in [0.2, 0.25) is 0 Å². The number of aliphatic hydroxyl groups is 1. The first-order valence-electron chi connectivity index (χ1n) is 6.88. The number of benzene rings is 1. The average Bonchev–Trinajstić information content (AvgIpc) is 2.35. The van der Waals surface area contributed by atoms with E-state index in [1.54, 1.807) is 0 Å². The Morgan fingerprint density at radius 3 is 2.65 bits per heavy atom. The van der Waals surface area contributed by atoms with E-state index in [9.17, 15) is 5.11 Å². The number of hydrogen-bond donors (Lipinski definition) is 1. The molecule has 1 saturated carbocycles. The van der Waals surface area contributed by atoms with Crippen molar-refractivity contribution < 1.29 is 5.11 Å². The molecule has 1 N–H and O–H groups in total. The molecule has 0 aromatic heterocycles. The van der Waals surface area contributed by atoms with Gasteiger partial charge >= 0.3 is 0 Å². The Labute approximate surface area is 105 Å². The van der Waals surface area contributed by atoms with E-state index in [0.717, 1.165) is 19.3 Å². The van der Waals surface area contributed by atoms with Crippen molar-refractivity contribution in [3.63, 3.8) is 0 Å². The summed E-state index contributed by atoms with van der Waals surface area (Å²) in [6, 6.07) is 10.5. The minimum atomic E-state index is -0.437. The normalized spacial score (nSPS) is 33.6. The van der Waals surface area contributed by atoms with Gasteiger partial charge in [-0.2, -0.15) is 0 Å². The zero-order valence-corrected chi connectivity index (χ0v) is 11.0. The van der Waals surface area contributed by atoms with Gasteiger partial charge in [0.15, 0.2) is 0 Å². The van der Waals surface area contributed by atoms with E-state index < -0.39 is 5.60 Å². The molecule has 2 rings (SSSR count). The van der Waals surface area contributed by atoms with Crippen LogP contribution in [0.3, 0.4) is 0 Å². The molecule has 1 heteroatoms. The largest absolute Gasteiger partial charge is 0.390 e. The maximum absolute atomic E-state index is 10.8.